The van der Waals surface area contributed by atoms with Crippen LogP contribution in [0, 0.1) is 6.92 Å². The van der Waals surface area contributed by atoms with E-state index in [1.54, 1.807) is 24.3 Å². The third-order valence-corrected chi connectivity index (χ3v) is 8.80. The van der Waals surface area contributed by atoms with Crippen LogP contribution in [-0.4, -0.2) is 34.3 Å². The SMILES string of the molecule is CCN(CC)c1ccc(C(=O)c2c(Cl)c(Cl)c(Cl)c(Cl)c2C(=O)O)cc1.Cc1c(-c2ccccc2)cn2ccccc12. The van der Waals surface area contributed by atoms with Gasteiger partial charge in [-0.25, -0.2) is 4.79 Å². The van der Waals surface area contributed by atoms with Crippen LogP contribution in [0.25, 0.3) is 16.6 Å². The largest absolute Gasteiger partial charge is 0.478 e. The minimum atomic E-state index is -1.42. The number of carbonyl (C=O) groups excluding carboxylic acids is 1. The van der Waals surface area contributed by atoms with Crippen molar-refractivity contribution in [2.24, 2.45) is 0 Å². The van der Waals surface area contributed by atoms with Gasteiger partial charge in [-0.2, -0.15) is 0 Å². The summed E-state index contributed by atoms with van der Waals surface area (Å²) in [6, 6.07) is 23.6. The van der Waals surface area contributed by atoms with Gasteiger partial charge in [0.15, 0.2) is 5.78 Å². The molecule has 216 valence electrons. The molecule has 0 aliphatic rings. The predicted octanol–water partition coefficient (Wildman–Crippen LogP) is 9.99. The molecule has 2 aromatic heterocycles. The molecule has 0 atom stereocenters. The van der Waals surface area contributed by atoms with Gasteiger partial charge in [-0.05, 0) is 68.3 Å². The highest BCUT2D eigenvalue weighted by Crippen LogP contribution is 2.42. The number of carboxylic acid groups (broad SMARTS) is 1. The molecule has 0 saturated carbocycles. The van der Waals surface area contributed by atoms with Crippen molar-refractivity contribution in [3.05, 3.63) is 128 Å². The molecule has 5 nitrogen and oxygen atoms in total. The highest BCUT2D eigenvalue weighted by molar-refractivity contribution is 6.54. The number of fused-ring (bicyclic) bond motifs is 1. The molecule has 0 radical (unpaired) electrons. The lowest BCUT2D eigenvalue weighted by atomic mass is 9.97. The Morgan fingerprint density at radius 1 is 0.762 bits per heavy atom. The zero-order valence-corrected chi connectivity index (χ0v) is 26.2. The van der Waals surface area contributed by atoms with Gasteiger partial charge in [0.1, 0.15) is 0 Å². The van der Waals surface area contributed by atoms with Crippen LogP contribution in [0.1, 0.15) is 45.7 Å². The summed E-state index contributed by atoms with van der Waals surface area (Å²) in [4.78, 5) is 26.6. The van der Waals surface area contributed by atoms with E-state index in [2.05, 4.69) is 77.1 Å². The Labute approximate surface area is 264 Å². The minimum absolute atomic E-state index is 0.161. The summed E-state index contributed by atoms with van der Waals surface area (Å²) in [7, 11) is 0. The molecule has 5 rings (SSSR count). The Morgan fingerprint density at radius 3 is 1.88 bits per heavy atom. The van der Waals surface area contributed by atoms with Gasteiger partial charge in [0.25, 0.3) is 0 Å². The van der Waals surface area contributed by atoms with Crippen LogP contribution < -0.4 is 4.90 Å². The Morgan fingerprint density at radius 2 is 1.33 bits per heavy atom. The summed E-state index contributed by atoms with van der Waals surface area (Å²) < 4.78 is 2.18. The van der Waals surface area contributed by atoms with E-state index in [1.165, 1.54) is 22.2 Å². The van der Waals surface area contributed by atoms with E-state index < -0.39 is 17.3 Å². The lowest BCUT2D eigenvalue weighted by Gasteiger charge is -2.21. The molecule has 0 unspecified atom stereocenters. The fraction of sp³-hybridized carbons (Fsp3) is 0.152. The number of carbonyl (C=O) groups is 2. The van der Waals surface area contributed by atoms with Crippen LogP contribution in [-0.2, 0) is 0 Å². The Balaban J connectivity index is 0.000000214. The second-order valence-electron chi connectivity index (χ2n) is 9.39. The molecule has 0 amide bonds. The van der Waals surface area contributed by atoms with Crippen molar-refractivity contribution in [3.8, 4) is 11.1 Å². The van der Waals surface area contributed by atoms with Crippen LogP contribution in [0.3, 0.4) is 0 Å². The van der Waals surface area contributed by atoms with E-state index in [1.807, 2.05) is 13.8 Å². The lowest BCUT2D eigenvalue weighted by Crippen LogP contribution is -2.21. The monoisotopic (exact) mass is 640 g/mol. The van der Waals surface area contributed by atoms with Crippen molar-refractivity contribution < 1.29 is 14.7 Å². The second kappa shape index (κ2) is 13.7. The number of pyridine rings is 1. The molecular weight excluding hydrogens is 614 g/mol. The van der Waals surface area contributed by atoms with Gasteiger partial charge in [-0.1, -0.05) is 82.8 Å². The zero-order valence-electron chi connectivity index (χ0n) is 23.2. The van der Waals surface area contributed by atoms with Crippen molar-refractivity contribution in [2.75, 3.05) is 18.0 Å². The van der Waals surface area contributed by atoms with Crippen LogP contribution in [0.2, 0.25) is 20.1 Å². The van der Waals surface area contributed by atoms with Crippen molar-refractivity contribution in [1.29, 1.82) is 0 Å². The number of halogens is 4. The van der Waals surface area contributed by atoms with Gasteiger partial charge in [0.2, 0.25) is 0 Å². The van der Waals surface area contributed by atoms with E-state index in [9.17, 15) is 14.7 Å². The fourth-order valence-corrected chi connectivity index (χ4v) is 5.79. The first-order valence-corrected chi connectivity index (χ1v) is 14.7. The van der Waals surface area contributed by atoms with E-state index in [4.69, 9.17) is 46.4 Å². The van der Waals surface area contributed by atoms with Crippen LogP contribution in [0.5, 0.6) is 0 Å². The predicted molar refractivity (Wildman–Crippen MR) is 174 cm³/mol. The third-order valence-electron chi connectivity index (χ3n) is 7.00. The molecule has 0 bridgehead atoms. The number of aryl methyl sites for hydroxylation is 1. The fourth-order valence-electron chi connectivity index (χ4n) is 4.77. The molecule has 2 heterocycles. The first kappa shape index (κ1) is 31.5. The number of aromatic nitrogens is 1. The molecule has 9 heteroatoms. The van der Waals surface area contributed by atoms with Crippen LogP contribution in [0.4, 0.5) is 5.69 Å². The van der Waals surface area contributed by atoms with Gasteiger partial charge in [-0.15, -0.1) is 0 Å². The number of carboxylic acids is 1. The third kappa shape index (κ3) is 6.30. The van der Waals surface area contributed by atoms with Crippen LogP contribution in [0.15, 0.2) is 85.2 Å². The average Bonchev–Trinajstić information content (AvgIpc) is 3.35. The first-order valence-electron chi connectivity index (χ1n) is 13.2. The normalized spacial score (nSPS) is 10.7. The van der Waals surface area contributed by atoms with Crippen LogP contribution >= 0.6 is 46.4 Å². The summed E-state index contributed by atoms with van der Waals surface area (Å²) in [6.45, 7) is 7.87. The van der Waals surface area contributed by atoms with E-state index >= 15 is 0 Å². The maximum atomic E-state index is 12.9. The maximum absolute atomic E-state index is 12.9. The molecule has 42 heavy (non-hydrogen) atoms. The summed E-state index contributed by atoms with van der Waals surface area (Å²) in [5.41, 5.74) is 5.67. The molecular formula is C33H28Cl4N2O3. The smallest absolute Gasteiger partial charge is 0.338 e. The average molecular weight is 642 g/mol. The number of nitrogens with zero attached hydrogens (tertiary/aromatic N) is 2. The van der Waals surface area contributed by atoms with E-state index in [-0.39, 0.29) is 31.2 Å². The van der Waals surface area contributed by atoms with Crippen molar-refractivity contribution in [1.82, 2.24) is 4.40 Å². The molecule has 3 aromatic carbocycles. The van der Waals surface area contributed by atoms with Crippen molar-refractivity contribution >= 4 is 69.4 Å². The van der Waals surface area contributed by atoms with E-state index in [0.717, 1.165) is 18.8 Å². The van der Waals surface area contributed by atoms with Gasteiger partial charge in [-0.3, -0.25) is 4.79 Å². The Hall–Kier alpha value is -3.48. The Kier molecular flexibility index (Phi) is 10.2. The summed E-state index contributed by atoms with van der Waals surface area (Å²) in [5.74, 6) is -2.02. The zero-order chi connectivity index (χ0) is 30.6. The number of hydrogen-bond donors (Lipinski definition) is 1. The Bertz CT molecular complexity index is 1750. The minimum Gasteiger partial charge on any atom is -0.478 e. The number of hydrogen-bond acceptors (Lipinski definition) is 3. The summed E-state index contributed by atoms with van der Waals surface area (Å²) in [5, 5.41) is 8.53. The van der Waals surface area contributed by atoms with Crippen molar-refractivity contribution in [2.45, 2.75) is 20.8 Å². The highest BCUT2D eigenvalue weighted by atomic mass is 35.5. The van der Waals surface area contributed by atoms with Gasteiger partial charge < -0.3 is 14.4 Å². The number of benzene rings is 3. The molecule has 0 fully saturated rings. The summed E-state index contributed by atoms with van der Waals surface area (Å²) >= 11 is 24.0. The van der Waals surface area contributed by atoms with Gasteiger partial charge in [0, 0.05) is 47.8 Å². The summed E-state index contributed by atoms with van der Waals surface area (Å²) in [6.07, 6.45) is 4.29. The standard InChI is InChI=1S/C18H15Cl4NO3.C15H13N/c1-3-23(4-2)10-7-5-9(6-8-10)17(24)11-12(18(25)26)14(20)16(22)15(21)13(11)19;1-12-14(13-7-3-2-4-8-13)11-16-10-6-5-9-15(12)16/h5-8H,3-4H2,1-2H3,(H,25,26);2-11H,1H3. The first-order chi connectivity index (χ1) is 20.1. The molecule has 5 aromatic rings. The maximum Gasteiger partial charge on any atom is 0.338 e. The van der Waals surface area contributed by atoms with E-state index in [0.29, 0.717) is 0 Å². The topological polar surface area (TPSA) is 62.0 Å². The number of rotatable bonds is 7. The highest BCUT2D eigenvalue weighted by Gasteiger charge is 2.29. The molecule has 0 aliphatic heterocycles. The van der Waals surface area contributed by atoms with Crippen molar-refractivity contribution in [3.63, 3.8) is 0 Å². The van der Waals surface area contributed by atoms with Gasteiger partial charge in [0.05, 0.1) is 31.2 Å². The second-order valence-corrected chi connectivity index (χ2v) is 10.9. The number of anilines is 1. The van der Waals surface area contributed by atoms with Gasteiger partial charge >= 0.3 is 5.97 Å². The molecule has 0 spiro atoms. The quantitative estimate of drug-likeness (QED) is 0.109. The lowest BCUT2D eigenvalue weighted by molar-refractivity contribution is 0.0693. The molecule has 0 aliphatic carbocycles. The molecule has 1 N–H and O–H groups in total. The number of aromatic carboxylic acids is 1. The number of ketones is 1. The molecule has 0 saturated heterocycles.